The molecule has 0 aromatic carbocycles. The average molecular weight is 427 g/mol. The Morgan fingerprint density at radius 1 is 1.13 bits per heavy atom. The van der Waals surface area contributed by atoms with Crippen LogP contribution in [0.2, 0.25) is 0 Å². The van der Waals surface area contributed by atoms with Gasteiger partial charge in [-0.25, -0.2) is 4.98 Å². The van der Waals surface area contributed by atoms with Crippen molar-refractivity contribution in [2.75, 3.05) is 19.6 Å². The Morgan fingerprint density at radius 2 is 2.00 bits per heavy atom. The van der Waals surface area contributed by atoms with Crippen LogP contribution in [0.3, 0.4) is 0 Å². The second-order valence-electron chi connectivity index (χ2n) is 9.08. The normalized spacial score (nSPS) is 27.3. The van der Waals surface area contributed by atoms with E-state index in [4.69, 9.17) is 0 Å². The van der Waals surface area contributed by atoms with Gasteiger partial charge in [0.05, 0.1) is 6.33 Å². The zero-order chi connectivity index (χ0) is 20.5. The van der Waals surface area contributed by atoms with E-state index in [2.05, 4.69) is 26.7 Å². The first-order valence-corrected chi connectivity index (χ1v) is 12.2. The van der Waals surface area contributed by atoms with E-state index >= 15 is 0 Å². The molecule has 0 unspecified atom stereocenters. The molecule has 3 atom stereocenters. The molecule has 2 aromatic heterocycles. The van der Waals surface area contributed by atoms with Gasteiger partial charge in [0.15, 0.2) is 0 Å². The standard InChI is InChI=1S/C23H30N4O2S/c28-22(14-25-10-8-24-16-25)26-9-6-21-20(12-26)19(18-7-11-30-15-18)13-27(21)23(29)17-4-2-1-3-5-17/h7-8,10-11,15-17,19-21H,1-6,9,12-14H2/t19-,20-,21-/m1/s1. The Balaban J connectivity index is 1.34. The highest BCUT2D eigenvalue weighted by Gasteiger charge is 2.48. The summed E-state index contributed by atoms with van der Waals surface area (Å²) in [5, 5.41) is 4.35. The highest BCUT2D eigenvalue weighted by Crippen LogP contribution is 2.43. The molecule has 7 heteroatoms. The van der Waals surface area contributed by atoms with Crippen LogP contribution < -0.4 is 0 Å². The number of fused-ring (bicyclic) bond motifs is 1. The maximum Gasteiger partial charge on any atom is 0.242 e. The van der Waals surface area contributed by atoms with Crippen LogP contribution in [0.15, 0.2) is 35.5 Å². The Bertz CT molecular complexity index is 860. The first-order chi connectivity index (χ1) is 14.7. The lowest BCUT2D eigenvalue weighted by atomic mass is 9.82. The Hall–Kier alpha value is -2.15. The molecule has 0 N–H and O–H groups in total. The van der Waals surface area contributed by atoms with E-state index < -0.39 is 0 Å². The summed E-state index contributed by atoms with van der Waals surface area (Å²) >= 11 is 1.72. The molecule has 0 radical (unpaired) electrons. The summed E-state index contributed by atoms with van der Waals surface area (Å²) < 4.78 is 1.83. The van der Waals surface area contributed by atoms with Crippen molar-refractivity contribution in [3.63, 3.8) is 0 Å². The lowest BCUT2D eigenvalue weighted by molar-refractivity contribution is -0.139. The summed E-state index contributed by atoms with van der Waals surface area (Å²) in [5.41, 5.74) is 1.33. The number of likely N-dealkylation sites (tertiary alicyclic amines) is 2. The molecule has 5 rings (SSSR count). The zero-order valence-corrected chi connectivity index (χ0v) is 18.2. The van der Waals surface area contributed by atoms with Gasteiger partial charge in [0, 0.05) is 55.8 Å². The van der Waals surface area contributed by atoms with Crippen molar-refractivity contribution in [1.29, 1.82) is 0 Å². The number of carbonyl (C=O) groups is 2. The topological polar surface area (TPSA) is 58.4 Å². The van der Waals surface area contributed by atoms with Gasteiger partial charge >= 0.3 is 0 Å². The van der Waals surface area contributed by atoms with Crippen LogP contribution in [-0.2, 0) is 16.1 Å². The number of thiophene rings is 1. The summed E-state index contributed by atoms with van der Waals surface area (Å²) in [6.45, 7) is 2.63. The maximum absolute atomic E-state index is 13.4. The van der Waals surface area contributed by atoms with E-state index in [1.807, 2.05) is 15.7 Å². The molecule has 3 aliphatic rings. The number of nitrogens with zero attached hydrogens (tertiary/aromatic N) is 4. The van der Waals surface area contributed by atoms with Crippen LogP contribution >= 0.6 is 11.3 Å². The molecule has 1 saturated carbocycles. The summed E-state index contributed by atoms with van der Waals surface area (Å²) in [5.74, 6) is 1.39. The number of aromatic nitrogens is 2. The minimum Gasteiger partial charge on any atom is -0.341 e. The molecule has 2 amide bonds. The van der Waals surface area contributed by atoms with Crippen LogP contribution in [-0.4, -0.2) is 56.8 Å². The van der Waals surface area contributed by atoms with Gasteiger partial charge in [0.2, 0.25) is 11.8 Å². The first kappa shape index (κ1) is 19.8. The van der Waals surface area contributed by atoms with Gasteiger partial charge in [-0.3, -0.25) is 9.59 Å². The second kappa shape index (κ2) is 8.53. The monoisotopic (exact) mass is 426 g/mol. The van der Waals surface area contributed by atoms with Crippen molar-refractivity contribution in [1.82, 2.24) is 19.4 Å². The number of amides is 2. The molecule has 0 bridgehead atoms. The van der Waals surface area contributed by atoms with E-state index in [1.165, 1.54) is 24.8 Å². The van der Waals surface area contributed by atoms with Crippen LogP contribution in [0.1, 0.15) is 50.0 Å². The Kier molecular flexibility index (Phi) is 5.63. The van der Waals surface area contributed by atoms with Crippen molar-refractivity contribution in [3.8, 4) is 0 Å². The Morgan fingerprint density at radius 3 is 2.73 bits per heavy atom. The van der Waals surface area contributed by atoms with Crippen molar-refractivity contribution >= 4 is 23.2 Å². The van der Waals surface area contributed by atoms with Crippen LogP contribution in [0, 0.1) is 11.8 Å². The van der Waals surface area contributed by atoms with Gasteiger partial charge < -0.3 is 14.4 Å². The number of piperidine rings is 1. The lowest BCUT2D eigenvalue weighted by Gasteiger charge is -2.40. The third-order valence-electron chi connectivity index (χ3n) is 7.37. The maximum atomic E-state index is 13.4. The van der Waals surface area contributed by atoms with Crippen molar-refractivity contribution in [2.45, 2.75) is 57.0 Å². The fourth-order valence-corrected chi connectivity index (χ4v) is 6.50. The molecular formula is C23H30N4O2S. The highest BCUT2D eigenvalue weighted by atomic mass is 32.1. The Labute approximate surface area is 181 Å². The molecule has 0 spiro atoms. The first-order valence-electron chi connectivity index (χ1n) is 11.3. The third kappa shape index (κ3) is 3.80. The minimum atomic E-state index is 0.146. The number of hydrogen-bond acceptors (Lipinski definition) is 4. The van der Waals surface area contributed by atoms with E-state index in [0.717, 1.165) is 38.9 Å². The summed E-state index contributed by atoms with van der Waals surface area (Å²) in [6, 6.07) is 2.47. The molecular weight excluding hydrogens is 396 g/mol. The number of rotatable bonds is 4. The number of hydrogen-bond donors (Lipinski definition) is 0. The predicted molar refractivity (Wildman–Crippen MR) is 116 cm³/mol. The molecule has 4 heterocycles. The van der Waals surface area contributed by atoms with Crippen LogP contribution in [0.4, 0.5) is 0 Å². The quantitative estimate of drug-likeness (QED) is 0.753. The fraction of sp³-hybridized carbons (Fsp3) is 0.609. The zero-order valence-electron chi connectivity index (χ0n) is 17.4. The summed E-state index contributed by atoms with van der Waals surface area (Å²) in [6.07, 6.45) is 11.8. The van der Waals surface area contributed by atoms with Gasteiger partial charge in [-0.2, -0.15) is 11.3 Å². The van der Waals surface area contributed by atoms with E-state index in [0.29, 0.717) is 24.3 Å². The molecule has 3 fully saturated rings. The smallest absolute Gasteiger partial charge is 0.242 e. The van der Waals surface area contributed by atoms with Gasteiger partial charge in [-0.15, -0.1) is 0 Å². The highest BCUT2D eigenvalue weighted by molar-refractivity contribution is 7.08. The van der Waals surface area contributed by atoms with E-state index in [-0.39, 0.29) is 17.9 Å². The molecule has 6 nitrogen and oxygen atoms in total. The van der Waals surface area contributed by atoms with E-state index in [9.17, 15) is 9.59 Å². The van der Waals surface area contributed by atoms with Crippen molar-refractivity contribution in [3.05, 3.63) is 41.1 Å². The van der Waals surface area contributed by atoms with Crippen LogP contribution in [0.5, 0.6) is 0 Å². The van der Waals surface area contributed by atoms with Crippen molar-refractivity contribution in [2.24, 2.45) is 11.8 Å². The molecule has 2 aliphatic heterocycles. The second-order valence-corrected chi connectivity index (χ2v) is 9.86. The van der Waals surface area contributed by atoms with Crippen LogP contribution in [0.25, 0.3) is 0 Å². The number of carbonyl (C=O) groups excluding carboxylic acids is 2. The third-order valence-corrected chi connectivity index (χ3v) is 8.07. The van der Waals surface area contributed by atoms with Gasteiger partial charge in [-0.1, -0.05) is 19.3 Å². The van der Waals surface area contributed by atoms with E-state index in [1.54, 1.807) is 23.9 Å². The molecule has 2 saturated heterocycles. The minimum absolute atomic E-state index is 0.146. The summed E-state index contributed by atoms with van der Waals surface area (Å²) in [4.78, 5) is 34.6. The predicted octanol–water partition coefficient (Wildman–Crippen LogP) is 3.37. The van der Waals surface area contributed by atoms with Gasteiger partial charge in [0.1, 0.15) is 6.54 Å². The SMILES string of the molecule is O=C(Cn1ccnc1)N1CC[C@@H]2[C@H](C1)[C@@H](c1ccsc1)CN2C(=O)C1CCCCC1. The molecule has 30 heavy (non-hydrogen) atoms. The largest absolute Gasteiger partial charge is 0.341 e. The molecule has 2 aromatic rings. The van der Waals surface area contributed by atoms with Gasteiger partial charge in [-0.05, 0) is 41.7 Å². The lowest BCUT2D eigenvalue weighted by Crippen LogP contribution is -2.51. The van der Waals surface area contributed by atoms with Crippen molar-refractivity contribution < 1.29 is 9.59 Å². The fourth-order valence-electron chi connectivity index (χ4n) is 5.77. The molecule has 160 valence electrons. The summed E-state index contributed by atoms with van der Waals surface area (Å²) in [7, 11) is 0. The molecule has 1 aliphatic carbocycles. The average Bonchev–Trinajstić information content (AvgIpc) is 3.54. The number of imidazole rings is 1. The van der Waals surface area contributed by atoms with Gasteiger partial charge in [0.25, 0.3) is 0 Å².